The number of hydrogen-bond acceptors (Lipinski definition) is 51. The van der Waals surface area contributed by atoms with Crippen molar-refractivity contribution in [3.63, 3.8) is 0 Å². The fourth-order valence-electron chi connectivity index (χ4n) is 15.9. The third-order valence-corrected chi connectivity index (χ3v) is 22.4. The van der Waals surface area contributed by atoms with Gasteiger partial charge in [0.1, 0.15) is 244 Å². The van der Waals surface area contributed by atoms with Crippen molar-refractivity contribution in [3.8, 4) is 0 Å². The molecule has 10 aliphatic heterocycles. The lowest BCUT2D eigenvalue weighted by Gasteiger charge is -2.51. The van der Waals surface area contributed by atoms with Crippen LogP contribution in [0.1, 0.15) is 27.7 Å². The Balaban J connectivity index is 0.958. The number of nitrogens with one attached hydrogen (secondary N) is 4. The molecule has 0 bridgehead atoms. The Morgan fingerprint density at radius 2 is 0.439 bits per heavy atom. The fourth-order valence-corrected chi connectivity index (χ4v) is 15.9. The highest BCUT2D eigenvalue weighted by atomic mass is 16.8. The van der Waals surface area contributed by atoms with Crippen LogP contribution in [0.2, 0.25) is 0 Å². The van der Waals surface area contributed by atoms with E-state index < -0.39 is 397 Å². The molecule has 1 unspecified atom stereocenters. The summed E-state index contributed by atoms with van der Waals surface area (Å²) in [5.74, 6) is -3.86. The third kappa shape index (κ3) is 22.4. The van der Waals surface area contributed by atoms with E-state index in [4.69, 9.17) is 90.0 Å². The first-order chi connectivity index (χ1) is 58.2. The number of amides is 4. The molecule has 32 N–H and O–H groups in total. The molecule has 0 aliphatic carbocycles. The molecule has 0 radical (unpaired) electrons. The van der Waals surface area contributed by atoms with Gasteiger partial charge in [-0.2, -0.15) is 0 Å². The van der Waals surface area contributed by atoms with Gasteiger partial charge in [-0.15, -0.1) is 0 Å². The highest BCUT2D eigenvalue weighted by Crippen LogP contribution is 2.40. The van der Waals surface area contributed by atoms with Gasteiger partial charge in [-0.1, -0.05) is 0 Å². The molecular weight excluding hydrogens is 1690 g/mol. The lowest BCUT2D eigenvalue weighted by Crippen LogP contribution is -2.71. The van der Waals surface area contributed by atoms with Crippen molar-refractivity contribution < 1.29 is 252 Å². The number of carbonyl (C=O) groups excluding carboxylic acids is 4. The molecule has 10 aliphatic rings. The van der Waals surface area contributed by atoms with Crippen LogP contribution in [0, 0.1) is 0 Å². The summed E-state index contributed by atoms with van der Waals surface area (Å²) in [6.07, 6.45) is -96.0. The highest BCUT2D eigenvalue weighted by Gasteiger charge is 2.62. The maximum absolute atomic E-state index is 13.3. The van der Waals surface area contributed by atoms with Gasteiger partial charge in [0.05, 0.1) is 66.1 Å². The fraction of sp³-hybridized carbons (Fsp3) is 0.941. The van der Waals surface area contributed by atoms with Crippen molar-refractivity contribution in [2.24, 2.45) is 0 Å². The van der Waals surface area contributed by atoms with E-state index in [0.717, 1.165) is 27.7 Å². The number of ether oxygens (including phenoxy) is 19. The highest BCUT2D eigenvalue weighted by molar-refractivity contribution is 5.74. The molecule has 10 rings (SSSR count). The van der Waals surface area contributed by atoms with E-state index in [2.05, 4.69) is 21.3 Å². The van der Waals surface area contributed by atoms with Gasteiger partial charge in [-0.3, -0.25) is 19.2 Å². The molecule has 10 heterocycles. The molecule has 55 heteroatoms. The first kappa shape index (κ1) is 101. The molecule has 50 atom stereocenters. The molecule has 4 amide bonds. The zero-order valence-electron chi connectivity index (χ0n) is 65.9. The minimum atomic E-state index is -2.54. The Kier molecular flexibility index (Phi) is 36.4. The quantitative estimate of drug-likeness (QED) is 0.0297. The van der Waals surface area contributed by atoms with E-state index >= 15 is 0 Å². The SMILES string of the molecule is CC(=O)N[C@H]1[C@H](OC[C@H]2O[C@@H](O[C@H]3[C@H](O)[C@@H](NC(C)=O)[C@H](OC[C@H]4O[C@@H](O[C@H]5[C@H](O)[C@@H](O)C(O)O[C@@H]5CO)[C@H](O)[C@@H](O[C@@H]5O[C@H](CO)[C@@H](O)[C@H](O[C@@H]6O[C@H](CO)[C@H](O)[C@H](O)[C@H]6O)[C@H]5NC(C)=O)[C@H]4O)O[C@@H]3CO)[C@H](O)[C@@H](O[C@@H]3O[C@H](CO)[C@@H](O)[C@H](O[C@@H]4O[C@H](CO)[C@H](O)[C@H](O)[C@H]4O)[C@H]3NC(C)=O)[C@H]2O)O[C@H](CO)[C@@H](O[C@@H]2O[C@H](CO)[C@H](O)[C@H](O)[C@H]2O)[C@@H]1O. The minimum Gasteiger partial charge on any atom is -0.394 e. The van der Waals surface area contributed by atoms with Crippen molar-refractivity contribution in [2.45, 2.75) is 335 Å². The zero-order chi connectivity index (χ0) is 90.5. The second-order valence-corrected chi connectivity index (χ2v) is 31.0. The van der Waals surface area contributed by atoms with Crippen molar-refractivity contribution in [1.29, 1.82) is 0 Å². The van der Waals surface area contributed by atoms with Crippen LogP contribution in [0.5, 0.6) is 0 Å². The number of hydrogen-bond donors (Lipinski definition) is 32. The standard InChI is InChI=1S/C68H114N4O51/c1-15(81)69-29-40(92)52(117-64-47(99)42(94)33(85)19(5-73)110-64)25(11-79)113-60(29)105-13-27-38(90)57(122-62-31(71-17(3)83)55(36(88)22(8-76)108-62)120-65-48(100)43(95)34(86)20(6-74)111-65)50(102)67(115-27)118-53-26(12-80)114-61(30(41(53)93)70-16(2)82)106-14-28-39(91)58(51(103)68(116-28)119-54-24(10-78)107-59(104)46(98)45(54)97)123-63-32(72-18(4)84)56(37(89)23(9-77)109-63)121-66-49(101)44(96)35(87)21(7-75)112-66/h19-68,73-80,85-104H,5-14H2,1-4H3,(H,69,81)(H,70,82)(H,71,83)(H,72,84)/t19-,20-,21-,22-,23-,24-,25-,26-,27-,28-,29-,30-,31-,32-,33+,34+,35+,36-,37-,38+,39+,40-,41-,42+,43+,44+,45-,46-,47-,48-,49-,50-,51-,52-,53-,54-,55-,56-,57+,58+,59?,60-,61-,62+,63+,64+,65+,66+,67+,68+/m1/s1. The molecule has 0 spiro atoms. The van der Waals surface area contributed by atoms with E-state index in [1.807, 2.05) is 0 Å². The van der Waals surface area contributed by atoms with Crippen LogP contribution < -0.4 is 21.3 Å². The summed E-state index contributed by atoms with van der Waals surface area (Å²) in [5.41, 5.74) is 0. The summed E-state index contributed by atoms with van der Waals surface area (Å²) >= 11 is 0. The van der Waals surface area contributed by atoms with Crippen LogP contribution in [0.3, 0.4) is 0 Å². The van der Waals surface area contributed by atoms with Gasteiger partial charge in [0.15, 0.2) is 62.9 Å². The van der Waals surface area contributed by atoms with Gasteiger partial charge in [0, 0.05) is 27.7 Å². The van der Waals surface area contributed by atoms with Crippen molar-refractivity contribution in [3.05, 3.63) is 0 Å². The predicted molar refractivity (Wildman–Crippen MR) is 376 cm³/mol. The van der Waals surface area contributed by atoms with Gasteiger partial charge in [-0.05, 0) is 0 Å². The monoisotopic (exact) mass is 1800 g/mol. The van der Waals surface area contributed by atoms with Gasteiger partial charge >= 0.3 is 0 Å². The molecule has 10 saturated heterocycles. The average Bonchev–Trinajstić information content (AvgIpc) is 0.775. The number of carbonyl (C=O) groups is 4. The minimum absolute atomic E-state index is 0.905. The smallest absolute Gasteiger partial charge is 0.217 e. The van der Waals surface area contributed by atoms with Gasteiger partial charge in [0.25, 0.3) is 0 Å². The van der Waals surface area contributed by atoms with Gasteiger partial charge < -0.3 is 254 Å². The van der Waals surface area contributed by atoms with Crippen LogP contribution in [0.25, 0.3) is 0 Å². The van der Waals surface area contributed by atoms with Crippen molar-refractivity contribution >= 4 is 23.6 Å². The van der Waals surface area contributed by atoms with Gasteiger partial charge in [0.2, 0.25) is 23.6 Å². The number of aliphatic hydroxyl groups excluding tert-OH is 28. The average molecular weight is 1800 g/mol. The molecule has 10 fully saturated rings. The van der Waals surface area contributed by atoms with E-state index in [9.17, 15) is 162 Å². The molecule has 0 aromatic heterocycles. The summed E-state index contributed by atoms with van der Waals surface area (Å²) in [7, 11) is 0. The lowest BCUT2D eigenvalue weighted by atomic mass is 9.93. The first-order valence-electron chi connectivity index (χ1n) is 39.1. The van der Waals surface area contributed by atoms with E-state index in [0.29, 0.717) is 0 Å². The van der Waals surface area contributed by atoms with Crippen molar-refractivity contribution in [2.75, 3.05) is 66.1 Å². The number of aliphatic hydroxyl groups is 28. The maximum atomic E-state index is 13.3. The molecule has 0 aromatic rings. The van der Waals surface area contributed by atoms with Gasteiger partial charge in [-0.25, -0.2) is 0 Å². The zero-order valence-corrected chi connectivity index (χ0v) is 65.9. The van der Waals surface area contributed by atoms with Crippen LogP contribution in [-0.2, 0) is 109 Å². The predicted octanol–water partition coefficient (Wildman–Crippen LogP) is -22.2. The lowest BCUT2D eigenvalue weighted by molar-refractivity contribution is -0.386. The van der Waals surface area contributed by atoms with Crippen LogP contribution in [0.15, 0.2) is 0 Å². The van der Waals surface area contributed by atoms with Crippen LogP contribution in [0.4, 0.5) is 0 Å². The Labute approximate surface area is 695 Å². The molecule has 0 aromatic carbocycles. The summed E-state index contributed by atoms with van der Waals surface area (Å²) in [6.45, 7) is -7.22. The summed E-state index contributed by atoms with van der Waals surface area (Å²) in [5, 5.41) is 319. The largest absolute Gasteiger partial charge is 0.394 e. The second-order valence-electron chi connectivity index (χ2n) is 31.0. The Morgan fingerprint density at radius 3 is 0.740 bits per heavy atom. The van der Waals surface area contributed by atoms with Crippen molar-refractivity contribution in [1.82, 2.24) is 21.3 Å². The second kappa shape index (κ2) is 44.3. The third-order valence-electron chi connectivity index (χ3n) is 22.4. The molecule has 55 nitrogen and oxygen atoms in total. The summed E-state index contributed by atoms with van der Waals surface area (Å²) < 4.78 is 112. The van der Waals surface area contributed by atoms with E-state index in [1.165, 1.54) is 0 Å². The van der Waals surface area contributed by atoms with E-state index in [1.54, 1.807) is 0 Å². The number of rotatable bonds is 32. The maximum Gasteiger partial charge on any atom is 0.217 e. The molecule has 123 heavy (non-hydrogen) atoms. The normalized spacial score (nSPS) is 49.4. The molecule has 0 saturated carbocycles. The Morgan fingerprint density at radius 1 is 0.211 bits per heavy atom. The summed E-state index contributed by atoms with van der Waals surface area (Å²) in [4.78, 5) is 52.4. The Hall–Kier alpha value is -4.00. The van der Waals surface area contributed by atoms with Crippen LogP contribution >= 0.6 is 0 Å². The first-order valence-corrected chi connectivity index (χ1v) is 39.1. The van der Waals surface area contributed by atoms with Crippen LogP contribution in [-0.4, -0.2) is 539 Å². The topological polar surface area (TPSA) is 858 Å². The Bertz CT molecular complexity index is 3300. The summed E-state index contributed by atoms with van der Waals surface area (Å²) in [6, 6.07) is -7.75. The molecule has 712 valence electrons. The molecular formula is C68H114N4O51. The van der Waals surface area contributed by atoms with E-state index in [-0.39, 0.29) is 0 Å².